The Morgan fingerprint density at radius 3 is 2.67 bits per heavy atom. The van der Waals surface area contributed by atoms with E-state index in [2.05, 4.69) is 17.2 Å². The van der Waals surface area contributed by atoms with Crippen LogP contribution in [0.15, 0.2) is 6.07 Å². The minimum Gasteiger partial charge on any atom is -0.477 e. The number of anilines is 1. The van der Waals surface area contributed by atoms with E-state index in [1.54, 1.807) is 24.9 Å². The number of carbonyl (C=O) groups is 2. The fraction of sp³-hybridized carbons (Fsp3) is 0.600. The van der Waals surface area contributed by atoms with E-state index in [1.165, 1.54) is 6.42 Å². The van der Waals surface area contributed by atoms with Gasteiger partial charge in [0.2, 0.25) is 0 Å². The van der Waals surface area contributed by atoms with Gasteiger partial charge in [0.05, 0.1) is 5.69 Å². The second-order valence-electron chi connectivity index (χ2n) is 5.92. The maximum Gasteiger partial charge on any atom is 0.354 e. The van der Waals surface area contributed by atoms with E-state index in [0.717, 1.165) is 19.3 Å². The number of aryl methyl sites for hydroxylation is 1. The molecule has 2 unspecified atom stereocenters. The minimum atomic E-state index is -1.08. The number of nitrogens with one attached hydrogen (secondary N) is 2. The number of aromatic nitrogens is 1. The van der Waals surface area contributed by atoms with Crippen LogP contribution < -0.4 is 5.32 Å². The lowest BCUT2D eigenvalue weighted by Crippen LogP contribution is -2.44. The molecule has 0 saturated heterocycles. The summed E-state index contributed by atoms with van der Waals surface area (Å²) in [5.74, 6) is -0.603. The number of nitrogens with zero attached hydrogens (tertiary/aromatic N) is 1. The second kappa shape index (κ2) is 6.20. The van der Waals surface area contributed by atoms with E-state index in [0.29, 0.717) is 17.3 Å². The number of carbonyl (C=O) groups excluding carboxylic acids is 1. The second-order valence-corrected chi connectivity index (χ2v) is 5.92. The van der Waals surface area contributed by atoms with Crippen LogP contribution in [-0.2, 0) is 0 Å². The van der Waals surface area contributed by atoms with Crippen molar-refractivity contribution in [3.8, 4) is 0 Å². The number of aromatic amines is 1. The van der Waals surface area contributed by atoms with Gasteiger partial charge in [-0.05, 0) is 31.7 Å². The summed E-state index contributed by atoms with van der Waals surface area (Å²) in [7, 11) is 1.78. The SMILES string of the molecule is Cc1cc(NC(=O)N(C)C2CCCCC2C)c(C(=O)O)[nH]1. The summed E-state index contributed by atoms with van der Waals surface area (Å²) in [6, 6.07) is 1.60. The summed E-state index contributed by atoms with van der Waals surface area (Å²) < 4.78 is 0. The van der Waals surface area contributed by atoms with Gasteiger partial charge in [-0.25, -0.2) is 9.59 Å². The molecule has 1 aliphatic carbocycles. The van der Waals surface area contributed by atoms with Gasteiger partial charge in [0.1, 0.15) is 5.69 Å². The Morgan fingerprint density at radius 2 is 2.05 bits per heavy atom. The summed E-state index contributed by atoms with van der Waals surface area (Å²) in [5, 5.41) is 11.8. The van der Waals surface area contributed by atoms with E-state index >= 15 is 0 Å². The van der Waals surface area contributed by atoms with Gasteiger partial charge < -0.3 is 20.3 Å². The highest BCUT2D eigenvalue weighted by molar-refractivity contribution is 5.99. The third-order valence-electron chi connectivity index (χ3n) is 4.29. The summed E-state index contributed by atoms with van der Waals surface area (Å²) in [5.41, 5.74) is 1.04. The van der Waals surface area contributed by atoms with Gasteiger partial charge in [-0.2, -0.15) is 0 Å². The number of rotatable bonds is 3. The molecule has 1 aromatic rings. The number of carboxylic acid groups (broad SMARTS) is 1. The van der Waals surface area contributed by atoms with E-state index < -0.39 is 5.97 Å². The fourth-order valence-corrected chi connectivity index (χ4v) is 3.08. The molecule has 2 atom stereocenters. The third-order valence-corrected chi connectivity index (χ3v) is 4.29. The average molecular weight is 293 g/mol. The first-order chi connectivity index (χ1) is 9.90. The van der Waals surface area contributed by atoms with E-state index in [4.69, 9.17) is 5.11 Å². The van der Waals surface area contributed by atoms with Crippen LogP contribution in [0.4, 0.5) is 10.5 Å². The van der Waals surface area contributed by atoms with Gasteiger partial charge in [-0.1, -0.05) is 19.8 Å². The van der Waals surface area contributed by atoms with Crippen LogP contribution in [0.2, 0.25) is 0 Å². The quantitative estimate of drug-likeness (QED) is 0.800. The Labute approximate surface area is 124 Å². The highest BCUT2D eigenvalue weighted by Gasteiger charge is 2.28. The largest absolute Gasteiger partial charge is 0.477 e. The number of carboxylic acids is 1. The molecule has 21 heavy (non-hydrogen) atoms. The Kier molecular flexibility index (Phi) is 4.55. The van der Waals surface area contributed by atoms with E-state index in [-0.39, 0.29) is 17.8 Å². The zero-order chi connectivity index (χ0) is 15.6. The average Bonchev–Trinajstić information content (AvgIpc) is 2.79. The number of urea groups is 1. The predicted octanol–water partition coefficient (Wildman–Crippen LogP) is 3.06. The molecule has 0 bridgehead atoms. The van der Waals surface area contributed by atoms with Gasteiger partial charge in [0, 0.05) is 18.8 Å². The van der Waals surface area contributed by atoms with Crippen LogP contribution in [0, 0.1) is 12.8 Å². The van der Waals surface area contributed by atoms with Crippen molar-refractivity contribution in [1.29, 1.82) is 0 Å². The summed E-state index contributed by atoms with van der Waals surface area (Å²) in [4.78, 5) is 27.9. The molecule has 1 aliphatic rings. The number of aromatic carboxylic acids is 1. The number of hydrogen-bond acceptors (Lipinski definition) is 2. The lowest BCUT2D eigenvalue weighted by atomic mass is 9.85. The van der Waals surface area contributed by atoms with Crippen LogP contribution in [0.5, 0.6) is 0 Å². The lowest BCUT2D eigenvalue weighted by Gasteiger charge is -2.36. The monoisotopic (exact) mass is 293 g/mol. The standard InChI is InChI=1S/C15H23N3O3/c1-9-6-4-5-7-12(9)18(3)15(21)17-11-8-10(2)16-13(11)14(19)20/h8-9,12,16H,4-7H2,1-3H3,(H,17,21)(H,19,20). The number of hydrogen-bond donors (Lipinski definition) is 3. The van der Waals surface area contributed by atoms with Gasteiger partial charge >= 0.3 is 12.0 Å². The van der Waals surface area contributed by atoms with Crippen LogP contribution in [0.3, 0.4) is 0 Å². The molecule has 1 fully saturated rings. The third kappa shape index (κ3) is 3.37. The Bertz CT molecular complexity index is 538. The molecular formula is C15H23N3O3. The summed E-state index contributed by atoms with van der Waals surface area (Å²) >= 11 is 0. The smallest absolute Gasteiger partial charge is 0.354 e. The molecule has 3 N–H and O–H groups in total. The highest BCUT2D eigenvalue weighted by Crippen LogP contribution is 2.28. The topological polar surface area (TPSA) is 85.4 Å². The summed E-state index contributed by atoms with van der Waals surface area (Å²) in [6.07, 6.45) is 4.48. The van der Waals surface area contributed by atoms with Gasteiger partial charge in [-0.15, -0.1) is 0 Å². The molecule has 1 aromatic heterocycles. The van der Waals surface area contributed by atoms with Crippen LogP contribution in [-0.4, -0.2) is 40.1 Å². The molecule has 0 aliphatic heterocycles. The van der Waals surface area contributed by atoms with E-state index in [9.17, 15) is 9.59 Å². The van der Waals surface area contributed by atoms with Crippen molar-refractivity contribution in [2.75, 3.05) is 12.4 Å². The van der Waals surface area contributed by atoms with Crippen molar-refractivity contribution in [3.05, 3.63) is 17.5 Å². The van der Waals surface area contributed by atoms with Gasteiger partial charge in [-0.3, -0.25) is 0 Å². The molecule has 0 aromatic carbocycles. The first kappa shape index (κ1) is 15.4. The predicted molar refractivity (Wildman–Crippen MR) is 80.7 cm³/mol. The number of H-pyrrole nitrogens is 1. The van der Waals surface area contributed by atoms with Crippen molar-refractivity contribution in [2.24, 2.45) is 5.92 Å². The normalized spacial score (nSPS) is 21.9. The molecule has 1 saturated carbocycles. The summed E-state index contributed by atoms with van der Waals surface area (Å²) in [6.45, 7) is 3.92. The van der Waals surface area contributed by atoms with Crippen LogP contribution >= 0.6 is 0 Å². The Hall–Kier alpha value is -1.98. The van der Waals surface area contributed by atoms with E-state index in [1.807, 2.05) is 0 Å². The molecular weight excluding hydrogens is 270 g/mol. The maximum atomic E-state index is 12.3. The van der Waals surface area contributed by atoms with Crippen molar-refractivity contribution in [2.45, 2.75) is 45.6 Å². The van der Waals surface area contributed by atoms with Crippen molar-refractivity contribution >= 4 is 17.7 Å². The number of amides is 2. The molecule has 2 amide bonds. The van der Waals surface area contributed by atoms with Crippen molar-refractivity contribution < 1.29 is 14.7 Å². The molecule has 6 nitrogen and oxygen atoms in total. The van der Waals surface area contributed by atoms with Crippen LogP contribution in [0.1, 0.15) is 48.8 Å². The highest BCUT2D eigenvalue weighted by atomic mass is 16.4. The first-order valence-corrected chi connectivity index (χ1v) is 7.37. The van der Waals surface area contributed by atoms with Crippen molar-refractivity contribution in [3.63, 3.8) is 0 Å². The molecule has 2 rings (SSSR count). The first-order valence-electron chi connectivity index (χ1n) is 7.37. The Morgan fingerprint density at radius 1 is 1.38 bits per heavy atom. The van der Waals surface area contributed by atoms with Crippen molar-refractivity contribution in [1.82, 2.24) is 9.88 Å². The zero-order valence-electron chi connectivity index (χ0n) is 12.8. The minimum absolute atomic E-state index is 0.0194. The van der Waals surface area contributed by atoms with Gasteiger partial charge in [0.15, 0.2) is 0 Å². The molecule has 0 spiro atoms. The maximum absolute atomic E-state index is 12.3. The van der Waals surface area contributed by atoms with Gasteiger partial charge in [0.25, 0.3) is 0 Å². The molecule has 0 radical (unpaired) electrons. The fourth-order valence-electron chi connectivity index (χ4n) is 3.08. The lowest BCUT2D eigenvalue weighted by molar-refractivity contribution is 0.0692. The molecule has 1 heterocycles. The molecule has 6 heteroatoms. The zero-order valence-corrected chi connectivity index (χ0v) is 12.8. The molecule has 116 valence electrons. The van der Waals surface area contributed by atoms with Crippen LogP contribution in [0.25, 0.3) is 0 Å². The Balaban J connectivity index is 2.08.